The van der Waals surface area contributed by atoms with Crippen LogP contribution in [0.25, 0.3) is 11.0 Å². The highest BCUT2D eigenvalue weighted by Gasteiger charge is 2.07. The lowest BCUT2D eigenvalue weighted by atomic mass is 10.1. The number of thiol groups is 1. The molecule has 3 heteroatoms. The van der Waals surface area contributed by atoms with Gasteiger partial charge in [-0.2, -0.15) is 12.6 Å². The Morgan fingerprint density at radius 2 is 2.15 bits per heavy atom. The van der Waals surface area contributed by atoms with E-state index in [0.717, 1.165) is 22.1 Å². The van der Waals surface area contributed by atoms with E-state index in [1.807, 2.05) is 18.2 Å². The van der Waals surface area contributed by atoms with Gasteiger partial charge < -0.3 is 10.2 Å². The second kappa shape index (κ2) is 3.44. The lowest BCUT2D eigenvalue weighted by molar-refractivity contribution is 0.612. The number of hydrogen-bond donors (Lipinski definition) is 2. The lowest BCUT2D eigenvalue weighted by Gasteiger charge is -1.99. The van der Waals surface area contributed by atoms with Crippen molar-refractivity contribution >= 4 is 23.6 Å². The van der Waals surface area contributed by atoms with Crippen LogP contribution < -0.4 is 5.73 Å². The standard InChI is InChI=1S/C10H11NOS/c11-4-7-2-1-3-9-10(7)8(6-13)5-12-9/h1-3,5,13H,4,6,11H2. The zero-order chi connectivity index (χ0) is 9.26. The van der Waals surface area contributed by atoms with Crippen LogP contribution in [0.3, 0.4) is 0 Å². The summed E-state index contributed by atoms with van der Waals surface area (Å²) in [6.07, 6.45) is 1.75. The highest BCUT2D eigenvalue weighted by atomic mass is 32.1. The minimum atomic E-state index is 0.539. The molecule has 1 aromatic carbocycles. The fourth-order valence-electron chi connectivity index (χ4n) is 1.52. The van der Waals surface area contributed by atoms with E-state index in [1.165, 1.54) is 0 Å². The van der Waals surface area contributed by atoms with Crippen LogP contribution in [0.1, 0.15) is 11.1 Å². The molecule has 0 aliphatic carbocycles. The number of furan rings is 1. The van der Waals surface area contributed by atoms with Crippen molar-refractivity contribution in [3.63, 3.8) is 0 Å². The first-order valence-electron chi connectivity index (χ1n) is 4.15. The third kappa shape index (κ3) is 1.34. The van der Waals surface area contributed by atoms with E-state index in [1.54, 1.807) is 6.26 Å². The summed E-state index contributed by atoms with van der Waals surface area (Å²) in [5.74, 6) is 0.685. The van der Waals surface area contributed by atoms with Crippen molar-refractivity contribution in [1.82, 2.24) is 0 Å². The SMILES string of the molecule is NCc1cccc2occ(CS)c12. The summed E-state index contributed by atoms with van der Waals surface area (Å²) in [6, 6.07) is 5.92. The maximum atomic E-state index is 5.63. The monoisotopic (exact) mass is 193 g/mol. The van der Waals surface area contributed by atoms with Crippen LogP contribution in [0, 0.1) is 0 Å². The van der Waals surface area contributed by atoms with Gasteiger partial charge >= 0.3 is 0 Å². The molecule has 1 heterocycles. The van der Waals surface area contributed by atoms with Crippen LogP contribution in [0.4, 0.5) is 0 Å². The van der Waals surface area contributed by atoms with Gasteiger partial charge in [-0.05, 0) is 11.6 Å². The molecule has 0 saturated carbocycles. The van der Waals surface area contributed by atoms with Gasteiger partial charge in [-0.3, -0.25) is 0 Å². The minimum Gasteiger partial charge on any atom is -0.464 e. The first-order chi connectivity index (χ1) is 6.36. The molecule has 0 amide bonds. The van der Waals surface area contributed by atoms with Gasteiger partial charge in [0, 0.05) is 23.2 Å². The van der Waals surface area contributed by atoms with E-state index in [-0.39, 0.29) is 0 Å². The summed E-state index contributed by atoms with van der Waals surface area (Å²) >= 11 is 4.24. The van der Waals surface area contributed by atoms with Crippen LogP contribution in [-0.4, -0.2) is 0 Å². The van der Waals surface area contributed by atoms with Gasteiger partial charge in [0.2, 0.25) is 0 Å². The molecule has 0 spiro atoms. The number of hydrogen-bond acceptors (Lipinski definition) is 3. The van der Waals surface area contributed by atoms with E-state index in [0.29, 0.717) is 12.3 Å². The Morgan fingerprint density at radius 3 is 2.85 bits per heavy atom. The predicted molar refractivity (Wildman–Crippen MR) is 56.8 cm³/mol. The molecule has 2 nitrogen and oxygen atoms in total. The van der Waals surface area contributed by atoms with Crippen molar-refractivity contribution < 1.29 is 4.42 Å². The van der Waals surface area contributed by atoms with Crippen LogP contribution >= 0.6 is 12.6 Å². The molecule has 2 rings (SSSR count). The second-order valence-corrected chi connectivity index (χ2v) is 3.23. The van der Waals surface area contributed by atoms with E-state index in [2.05, 4.69) is 12.6 Å². The third-order valence-corrected chi connectivity index (χ3v) is 2.49. The smallest absolute Gasteiger partial charge is 0.134 e. The summed E-state index contributed by atoms with van der Waals surface area (Å²) in [4.78, 5) is 0. The van der Waals surface area contributed by atoms with E-state index in [4.69, 9.17) is 10.2 Å². The molecule has 0 saturated heterocycles. The fraction of sp³-hybridized carbons (Fsp3) is 0.200. The van der Waals surface area contributed by atoms with Crippen LogP contribution in [0.2, 0.25) is 0 Å². The summed E-state index contributed by atoms with van der Waals surface area (Å²) in [7, 11) is 0. The van der Waals surface area contributed by atoms with E-state index in [9.17, 15) is 0 Å². The largest absolute Gasteiger partial charge is 0.464 e. The number of nitrogens with two attached hydrogens (primary N) is 1. The average Bonchev–Trinajstić information content (AvgIpc) is 2.60. The molecule has 1 aromatic heterocycles. The van der Waals surface area contributed by atoms with Gasteiger partial charge in [0.25, 0.3) is 0 Å². The summed E-state index contributed by atoms with van der Waals surface area (Å²) in [6.45, 7) is 0.539. The molecule has 0 aliphatic rings. The maximum Gasteiger partial charge on any atom is 0.134 e. The summed E-state index contributed by atoms with van der Waals surface area (Å²) in [5, 5.41) is 1.12. The average molecular weight is 193 g/mol. The molecule has 68 valence electrons. The van der Waals surface area contributed by atoms with Gasteiger partial charge in [-0.15, -0.1) is 0 Å². The Bertz CT molecular complexity index is 422. The van der Waals surface area contributed by atoms with Gasteiger partial charge in [-0.1, -0.05) is 12.1 Å². The van der Waals surface area contributed by atoms with Gasteiger partial charge in [0.1, 0.15) is 5.58 Å². The fourth-order valence-corrected chi connectivity index (χ4v) is 1.75. The number of benzene rings is 1. The number of rotatable bonds is 2. The second-order valence-electron chi connectivity index (χ2n) is 2.91. The molecule has 2 N–H and O–H groups in total. The van der Waals surface area contributed by atoms with Crippen molar-refractivity contribution in [1.29, 1.82) is 0 Å². The van der Waals surface area contributed by atoms with Crippen LogP contribution in [0.15, 0.2) is 28.9 Å². The summed E-state index contributed by atoms with van der Waals surface area (Å²) in [5.41, 5.74) is 8.76. The Balaban J connectivity index is 2.76. The van der Waals surface area contributed by atoms with Crippen molar-refractivity contribution in [2.75, 3.05) is 0 Å². The van der Waals surface area contributed by atoms with Gasteiger partial charge in [-0.25, -0.2) is 0 Å². The highest BCUT2D eigenvalue weighted by molar-refractivity contribution is 7.79. The van der Waals surface area contributed by atoms with Crippen molar-refractivity contribution in [3.05, 3.63) is 35.6 Å². The van der Waals surface area contributed by atoms with Crippen molar-refractivity contribution in [2.24, 2.45) is 5.73 Å². The molecule has 0 aliphatic heterocycles. The van der Waals surface area contributed by atoms with Gasteiger partial charge in [0.15, 0.2) is 0 Å². The molecule has 0 bridgehead atoms. The molecular weight excluding hydrogens is 182 g/mol. The Hall–Kier alpha value is -0.930. The number of fused-ring (bicyclic) bond motifs is 1. The Labute approximate surface area is 82.1 Å². The normalized spacial score (nSPS) is 10.9. The molecule has 2 aromatic rings. The molecule has 13 heavy (non-hydrogen) atoms. The maximum absolute atomic E-state index is 5.63. The summed E-state index contributed by atoms with van der Waals surface area (Å²) < 4.78 is 5.38. The molecular formula is C10H11NOS. The Kier molecular flexibility index (Phi) is 2.29. The zero-order valence-electron chi connectivity index (χ0n) is 7.16. The molecule has 0 radical (unpaired) electrons. The first kappa shape index (κ1) is 8.66. The van der Waals surface area contributed by atoms with Crippen LogP contribution in [0.5, 0.6) is 0 Å². The first-order valence-corrected chi connectivity index (χ1v) is 4.79. The van der Waals surface area contributed by atoms with E-state index < -0.39 is 0 Å². The Morgan fingerprint density at radius 1 is 1.31 bits per heavy atom. The third-order valence-electron chi connectivity index (χ3n) is 2.15. The van der Waals surface area contributed by atoms with Gasteiger partial charge in [0.05, 0.1) is 6.26 Å². The van der Waals surface area contributed by atoms with Crippen molar-refractivity contribution in [2.45, 2.75) is 12.3 Å². The highest BCUT2D eigenvalue weighted by Crippen LogP contribution is 2.25. The zero-order valence-corrected chi connectivity index (χ0v) is 8.05. The topological polar surface area (TPSA) is 39.2 Å². The molecule has 0 unspecified atom stereocenters. The lowest BCUT2D eigenvalue weighted by Crippen LogP contribution is -1.96. The quantitative estimate of drug-likeness (QED) is 0.718. The van der Waals surface area contributed by atoms with E-state index >= 15 is 0 Å². The van der Waals surface area contributed by atoms with Crippen LogP contribution in [-0.2, 0) is 12.3 Å². The predicted octanol–water partition coefficient (Wildman–Crippen LogP) is 2.32. The molecule has 0 atom stereocenters. The molecule has 0 fully saturated rings. The van der Waals surface area contributed by atoms with Crippen molar-refractivity contribution in [3.8, 4) is 0 Å². The minimum absolute atomic E-state index is 0.539.